The minimum atomic E-state index is -0.674. The molecule has 1 unspecified atom stereocenters. The summed E-state index contributed by atoms with van der Waals surface area (Å²) in [6.45, 7) is 2.13. The summed E-state index contributed by atoms with van der Waals surface area (Å²) >= 11 is 0. The number of carboxylic acid groups (broad SMARTS) is 1. The zero-order valence-corrected chi connectivity index (χ0v) is 7.55. The summed E-state index contributed by atoms with van der Waals surface area (Å²) in [5.41, 5.74) is 1.43. The summed E-state index contributed by atoms with van der Waals surface area (Å²) in [7, 11) is 0. The molecule has 68 valence electrons. The molecule has 2 heteroatoms. The molecule has 1 aliphatic carbocycles. The number of aliphatic carboxylic acids is 1. The molecule has 0 saturated carbocycles. The van der Waals surface area contributed by atoms with Gasteiger partial charge < -0.3 is 5.11 Å². The number of hydrogen-bond donors (Lipinski definition) is 1. The van der Waals surface area contributed by atoms with E-state index in [0.29, 0.717) is 12.3 Å². The summed E-state index contributed by atoms with van der Waals surface area (Å²) in [6.07, 6.45) is 6.97. The van der Waals surface area contributed by atoms with Crippen molar-refractivity contribution in [2.24, 2.45) is 5.92 Å². The third kappa shape index (κ3) is 3.07. The Kier molecular flexibility index (Phi) is 3.32. The molecule has 0 heterocycles. The van der Waals surface area contributed by atoms with Crippen LogP contribution in [-0.4, -0.2) is 11.1 Å². The van der Waals surface area contributed by atoms with E-state index in [9.17, 15) is 4.79 Å². The van der Waals surface area contributed by atoms with Crippen LogP contribution < -0.4 is 0 Å². The van der Waals surface area contributed by atoms with Crippen molar-refractivity contribution in [2.75, 3.05) is 0 Å². The zero-order valence-electron chi connectivity index (χ0n) is 7.55. The van der Waals surface area contributed by atoms with Crippen molar-refractivity contribution >= 4 is 5.97 Å². The molecule has 0 aromatic rings. The van der Waals surface area contributed by atoms with E-state index in [2.05, 4.69) is 13.0 Å². The molecular weight excluding hydrogens is 152 g/mol. The molecule has 0 spiro atoms. The SMILES string of the molecule is CC1=CC(CCC(=O)O)CCC1. The van der Waals surface area contributed by atoms with E-state index in [-0.39, 0.29) is 0 Å². The van der Waals surface area contributed by atoms with Gasteiger partial charge in [-0.2, -0.15) is 0 Å². The Balaban J connectivity index is 2.32. The number of carboxylic acids is 1. The van der Waals surface area contributed by atoms with E-state index in [4.69, 9.17) is 5.11 Å². The molecule has 2 nitrogen and oxygen atoms in total. The summed E-state index contributed by atoms with van der Waals surface area (Å²) in [5, 5.41) is 8.49. The van der Waals surface area contributed by atoms with Crippen LogP contribution in [0.3, 0.4) is 0 Å². The molecule has 0 fully saturated rings. The highest BCUT2D eigenvalue weighted by atomic mass is 16.4. The molecule has 1 N–H and O–H groups in total. The zero-order chi connectivity index (χ0) is 8.97. The van der Waals surface area contributed by atoms with Gasteiger partial charge in [0.1, 0.15) is 0 Å². The maximum atomic E-state index is 10.3. The smallest absolute Gasteiger partial charge is 0.303 e. The van der Waals surface area contributed by atoms with Crippen LogP contribution >= 0.6 is 0 Å². The average molecular weight is 168 g/mol. The monoisotopic (exact) mass is 168 g/mol. The summed E-state index contributed by atoms with van der Waals surface area (Å²) < 4.78 is 0. The molecule has 0 aromatic carbocycles. The Bertz CT molecular complexity index is 194. The summed E-state index contributed by atoms with van der Waals surface area (Å²) in [6, 6.07) is 0. The van der Waals surface area contributed by atoms with Gasteiger partial charge in [0.25, 0.3) is 0 Å². The molecule has 1 rings (SSSR count). The molecule has 0 bridgehead atoms. The van der Waals surface area contributed by atoms with Crippen molar-refractivity contribution in [2.45, 2.75) is 39.0 Å². The maximum Gasteiger partial charge on any atom is 0.303 e. The fourth-order valence-electron chi connectivity index (χ4n) is 1.75. The molecule has 12 heavy (non-hydrogen) atoms. The van der Waals surface area contributed by atoms with Crippen molar-refractivity contribution in [1.82, 2.24) is 0 Å². The van der Waals surface area contributed by atoms with E-state index < -0.39 is 5.97 Å². The van der Waals surface area contributed by atoms with Crippen molar-refractivity contribution in [3.63, 3.8) is 0 Å². The van der Waals surface area contributed by atoms with E-state index in [1.54, 1.807) is 0 Å². The number of allylic oxidation sites excluding steroid dienone is 2. The minimum absolute atomic E-state index is 0.314. The molecule has 0 radical (unpaired) electrons. The minimum Gasteiger partial charge on any atom is -0.481 e. The van der Waals surface area contributed by atoms with Gasteiger partial charge >= 0.3 is 5.97 Å². The first-order chi connectivity index (χ1) is 5.68. The van der Waals surface area contributed by atoms with Gasteiger partial charge in [-0.15, -0.1) is 0 Å². The fourth-order valence-corrected chi connectivity index (χ4v) is 1.75. The van der Waals surface area contributed by atoms with E-state index in [1.807, 2.05) is 0 Å². The Hall–Kier alpha value is -0.790. The van der Waals surface area contributed by atoms with Crippen LogP contribution in [0.2, 0.25) is 0 Å². The van der Waals surface area contributed by atoms with Gasteiger partial charge in [0.15, 0.2) is 0 Å². The second kappa shape index (κ2) is 4.29. The summed E-state index contributed by atoms with van der Waals surface area (Å²) in [4.78, 5) is 10.3. The Labute approximate surface area is 73.3 Å². The van der Waals surface area contributed by atoms with Gasteiger partial charge in [-0.25, -0.2) is 0 Å². The number of rotatable bonds is 3. The lowest BCUT2D eigenvalue weighted by Gasteiger charge is -2.18. The normalized spacial score (nSPS) is 23.4. The predicted molar refractivity (Wildman–Crippen MR) is 48.0 cm³/mol. The van der Waals surface area contributed by atoms with Crippen LogP contribution in [0, 0.1) is 5.92 Å². The fraction of sp³-hybridized carbons (Fsp3) is 0.700. The van der Waals surface area contributed by atoms with Gasteiger partial charge in [-0.3, -0.25) is 4.79 Å². The quantitative estimate of drug-likeness (QED) is 0.658. The van der Waals surface area contributed by atoms with Gasteiger partial charge in [0.2, 0.25) is 0 Å². The number of hydrogen-bond acceptors (Lipinski definition) is 1. The van der Waals surface area contributed by atoms with Gasteiger partial charge in [0, 0.05) is 6.42 Å². The lowest BCUT2D eigenvalue weighted by atomic mass is 9.88. The first kappa shape index (κ1) is 9.30. The van der Waals surface area contributed by atoms with Gasteiger partial charge in [0.05, 0.1) is 0 Å². The second-order valence-corrected chi connectivity index (χ2v) is 3.60. The van der Waals surface area contributed by atoms with Crippen molar-refractivity contribution in [3.8, 4) is 0 Å². The average Bonchev–Trinajstić information content (AvgIpc) is 2.01. The Morgan fingerprint density at radius 2 is 2.50 bits per heavy atom. The molecular formula is C10H16O2. The molecule has 0 aromatic heterocycles. The van der Waals surface area contributed by atoms with Gasteiger partial charge in [-0.05, 0) is 38.5 Å². The molecule has 0 saturated heterocycles. The van der Waals surface area contributed by atoms with Crippen LogP contribution in [0.15, 0.2) is 11.6 Å². The Morgan fingerprint density at radius 1 is 1.75 bits per heavy atom. The second-order valence-electron chi connectivity index (χ2n) is 3.60. The first-order valence-electron chi connectivity index (χ1n) is 4.57. The number of carbonyl (C=O) groups is 1. The van der Waals surface area contributed by atoms with Crippen LogP contribution in [0.25, 0.3) is 0 Å². The summed E-state index contributed by atoms with van der Waals surface area (Å²) in [5.74, 6) is -0.151. The van der Waals surface area contributed by atoms with Crippen LogP contribution in [-0.2, 0) is 4.79 Å². The topological polar surface area (TPSA) is 37.3 Å². The standard InChI is InChI=1S/C10H16O2/c1-8-3-2-4-9(7-8)5-6-10(11)12/h7,9H,2-6H2,1H3,(H,11,12). The molecule has 1 aliphatic rings. The van der Waals surface area contributed by atoms with Crippen LogP contribution in [0.1, 0.15) is 39.0 Å². The maximum absolute atomic E-state index is 10.3. The molecule has 0 amide bonds. The first-order valence-corrected chi connectivity index (χ1v) is 4.57. The third-order valence-corrected chi connectivity index (χ3v) is 2.40. The van der Waals surface area contributed by atoms with Crippen molar-refractivity contribution in [1.29, 1.82) is 0 Å². The van der Waals surface area contributed by atoms with E-state index in [0.717, 1.165) is 6.42 Å². The van der Waals surface area contributed by atoms with Crippen LogP contribution in [0.5, 0.6) is 0 Å². The largest absolute Gasteiger partial charge is 0.481 e. The lowest BCUT2D eigenvalue weighted by Crippen LogP contribution is -2.06. The Morgan fingerprint density at radius 3 is 3.08 bits per heavy atom. The highest BCUT2D eigenvalue weighted by Gasteiger charge is 2.12. The highest BCUT2D eigenvalue weighted by Crippen LogP contribution is 2.25. The van der Waals surface area contributed by atoms with Gasteiger partial charge in [-0.1, -0.05) is 11.6 Å². The van der Waals surface area contributed by atoms with E-state index in [1.165, 1.54) is 24.8 Å². The van der Waals surface area contributed by atoms with Crippen molar-refractivity contribution < 1.29 is 9.90 Å². The van der Waals surface area contributed by atoms with Crippen LogP contribution in [0.4, 0.5) is 0 Å². The predicted octanol–water partition coefficient (Wildman–Crippen LogP) is 2.60. The van der Waals surface area contributed by atoms with E-state index >= 15 is 0 Å². The van der Waals surface area contributed by atoms with Crippen molar-refractivity contribution in [3.05, 3.63) is 11.6 Å². The highest BCUT2D eigenvalue weighted by molar-refractivity contribution is 5.66. The molecule has 1 atom stereocenters. The molecule has 0 aliphatic heterocycles. The lowest BCUT2D eigenvalue weighted by molar-refractivity contribution is -0.137. The third-order valence-electron chi connectivity index (χ3n) is 2.40.